The highest BCUT2D eigenvalue weighted by Crippen LogP contribution is 2.14. The van der Waals surface area contributed by atoms with Crippen LogP contribution in [0.4, 0.5) is 0 Å². The van der Waals surface area contributed by atoms with Crippen LogP contribution >= 0.6 is 12.4 Å². The molecule has 0 radical (unpaired) electrons. The van der Waals surface area contributed by atoms with Gasteiger partial charge in [0.05, 0.1) is 5.92 Å². The van der Waals surface area contributed by atoms with Gasteiger partial charge in [-0.15, -0.1) is 12.4 Å². The van der Waals surface area contributed by atoms with Crippen molar-refractivity contribution in [3.63, 3.8) is 0 Å². The highest BCUT2D eigenvalue weighted by molar-refractivity contribution is 5.90. The Morgan fingerprint density at radius 1 is 1.14 bits per heavy atom. The molecule has 4 N–H and O–H groups in total. The van der Waals surface area contributed by atoms with E-state index in [0.717, 1.165) is 5.56 Å². The molecule has 0 aliphatic heterocycles. The molecule has 2 unspecified atom stereocenters. The molecule has 0 bridgehead atoms. The van der Waals surface area contributed by atoms with E-state index in [-0.39, 0.29) is 36.3 Å². The summed E-state index contributed by atoms with van der Waals surface area (Å²) in [5.41, 5.74) is 6.22. The van der Waals surface area contributed by atoms with E-state index in [9.17, 15) is 9.59 Å². The summed E-state index contributed by atoms with van der Waals surface area (Å²) >= 11 is 0. The maximum atomic E-state index is 12.3. The van der Waals surface area contributed by atoms with Gasteiger partial charge >= 0.3 is 0 Å². The molecule has 124 valence electrons. The fraction of sp³-hybridized carbons (Fsp3) is 0.500. The minimum absolute atomic E-state index is 0. The molecule has 0 saturated carbocycles. The average Bonchev–Trinajstić information content (AvgIpc) is 2.38. The molecule has 5 nitrogen and oxygen atoms in total. The predicted octanol–water partition coefficient (Wildman–Crippen LogP) is 1.57. The Bertz CT molecular complexity index is 486. The van der Waals surface area contributed by atoms with E-state index in [1.807, 2.05) is 51.1 Å². The molecule has 1 aromatic rings. The monoisotopic (exact) mass is 327 g/mol. The van der Waals surface area contributed by atoms with Crippen molar-refractivity contribution in [1.82, 2.24) is 10.6 Å². The summed E-state index contributed by atoms with van der Waals surface area (Å²) in [5, 5.41) is 5.56. The summed E-state index contributed by atoms with van der Waals surface area (Å²) in [6, 6.07) is 8.72. The first-order valence-corrected chi connectivity index (χ1v) is 7.12. The molecule has 0 aromatic heterocycles. The number of amides is 2. The van der Waals surface area contributed by atoms with E-state index in [0.29, 0.717) is 0 Å². The van der Waals surface area contributed by atoms with Crippen molar-refractivity contribution < 1.29 is 9.59 Å². The highest BCUT2D eigenvalue weighted by atomic mass is 35.5. The van der Waals surface area contributed by atoms with Gasteiger partial charge in [0.25, 0.3) is 0 Å². The van der Waals surface area contributed by atoms with E-state index < -0.39 is 12.0 Å². The first-order chi connectivity index (χ1) is 9.74. The summed E-state index contributed by atoms with van der Waals surface area (Å²) in [7, 11) is 0. The third-order valence-corrected chi connectivity index (χ3v) is 3.00. The quantitative estimate of drug-likeness (QED) is 0.767. The third-order valence-electron chi connectivity index (χ3n) is 3.00. The zero-order chi connectivity index (χ0) is 16.0. The topological polar surface area (TPSA) is 84.2 Å². The third kappa shape index (κ3) is 6.45. The van der Waals surface area contributed by atoms with Crippen LogP contribution in [0, 0.1) is 0 Å². The van der Waals surface area contributed by atoms with E-state index in [1.54, 1.807) is 6.92 Å². The highest BCUT2D eigenvalue weighted by Gasteiger charge is 2.24. The lowest BCUT2D eigenvalue weighted by Crippen LogP contribution is -2.52. The fourth-order valence-corrected chi connectivity index (χ4v) is 1.94. The van der Waals surface area contributed by atoms with Crippen LogP contribution in [-0.4, -0.2) is 29.9 Å². The van der Waals surface area contributed by atoms with Crippen molar-refractivity contribution in [3.8, 4) is 0 Å². The number of benzene rings is 1. The van der Waals surface area contributed by atoms with Crippen LogP contribution in [0.15, 0.2) is 30.3 Å². The van der Waals surface area contributed by atoms with Gasteiger partial charge in [0, 0.05) is 12.1 Å². The van der Waals surface area contributed by atoms with Gasteiger partial charge in [-0.05, 0) is 33.3 Å². The fourth-order valence-electron chi connectivity index (χ4n) is 1.94. The van der Waals surface area contributed by atoms with Crippen molar-refractivity contribution in [2.45, 2.75) is 45.2 Å². The molecule has 1 rings (SSSR count). The van der Waals surface area contributed by atoms with Crippen molar-refractivity contribution in [3.05, 3.63) is 35.9 Å². The maximum absolute atomic E-state index is 12.3. The summed E-state index contributed by atoms with van der Waals surface area (Å²) in [5.74, 6) is -0.893. The minimum Gasteiger partial charge on any atom is -0.350 e. The van der Waals surface area contributed by atoms with E-state index in [4.69, 9.17) is 5.73 Å². The molecular formula is C16H26ClN3O2. The largest absolute Gasteiger partial charge is 0.350 e. The van der Waals surface area contributed by atoms with Crippen LogP contribution < -0.4 is 16.4 Å². The summed E-state index contributed by atoms with van der Waals surface area (Å²) in [6.07, 6.45) is 0. The van der Waals surface area contributed by atoms with Crippen molar-refractivity contribution >= 4 is 24.2 Å². The van der Waals surface area contributed by atoms with Crippen LogP contribution in [0.5, 0.6) is 0 Å². The molecule has 0 aliphatic carbocycles. The van der Waals surface area contributed by atoms with Crippen LogP contribution in [0.25, 0.3) is 0 Å². The molecule has 1 aromatic carbocycles. The van der Waals surface area contributed by atoms with Crippen molar-refractivity contribution in [2.24, 2.45) is 5.73 Å². The first kappa shape index (κ1) is 20.4. The lowest BCUT2D eigenvalue weighted by atomic mass is 9.98. The molecule has 22 heavy (non-hydrogen) atoms. The second kappa shape index (κ2) is 8.76. The van der Waals surface area contributed by atoms with Gasteiger partial charge in [0.2, 0.25) is 11.8 Å². The lowest BCUT2D eigenvalue weighted by Gasteiger charge is -2.25. The van der Waals surface area contributed by atoms with Gasteiger partial charge in [-0.3, -0.25) is 9.59 Å². The lowest BCUT2D eigenvalue weighted by molar-refractivity contribution is -0.130. The molecule has 0 saturated heterocycles. The Kier molecular flexibility index (Phi) is 8.12. The normalized spacial score (nSPS) is 13.5. The van der Waals surface area contributed by atoms with Gasteiger partial charge in [-0.2, -0.15) is 0 Å². The molecule has 0 fully saturated rings. The Balaban J connectivity index is 0.00000441. The second-order valence-electron chi connectivity index (χ2n) is 6.17. The number of carbonyl (C=O) groups is 2. The Labute approximate surface area is 138 Å². The van der Waals surface area contributed by atoms with E-state index >= 15 is 0 Å². The number of carbonyl (C=O) groups excluding carboxylic acids is 2. The zero-order valence-electron chi connectivity index (χ0n) is 13.6. The smallest absolute Gasteiger partial charge is 0.242 e. The molecule has 0 spiro atoms. The van der Waals surface area contributed by atoms with Crippen LogP contribution in [0.3, 0.4) is 0 Å². The van der Waals surface area contributed by atoms with Gasteiger partial charge in [0.15, 0.2) is 0 Å². The molecule has 0 heterocycles. The number of rotatable bonds is 5. The van der Waals surface area contributed by atoms with Crippen LogP contribution in [-0.2, 0) is 9.59 Å². The molecular weight excluding hydrogens is 302 g/mol. The number of nitrogens with two attached hydrogens (primary N) is 1. The number of hydrogen-bond donors (Lipinski definition) is 3. The van der Waals surface area contributed by atoms with Gasteiger partial charge in [-0.1, -0.05) is 30.3 Å². The molecule has 2 atom stereocenters. The SMILES string of the molecule is CC(NC(=O)C(CN)c1ccccc1)C(=O)NC(C)(C)C.Cl. The Hall–Kier alpha value is -1.59. The maximum Gasteiger partial charge on any atom is 0.242 e. The number of nitrogens with one attached hydrogen (secondary N) is 2. The molecule has 2 amide bonds. The summed E-state index contributed by atoms with van der Waals surface area (Å²) < 4.78 is 0. The van der Waals surface area contributed by atoms with Crippen molar-refractivity contribution in [1.29, 1.82) is 0 Å². The van der Waals surface area contributed by atoms with E-state index in [1.165, 1.54) is 0 Å². The zero-order valence-corrected chi connectivity index (χ0v) is 14.4. The van der Waals surface area contributed by atoms with E-state index in [2.05, 4.69) is 10.6 Å². The van der Waals surface area contributed by atoms with Gasteiger partial charge in [-0.25, -0.2) is 0 Å². The minimum atomic E-state index is -0.602. The van der Waals surface area contributed by atoms with Crippen molar-refractivity contribution in [2.75, 3.05) is 6.54 Å². The molecule has 0 aliphatic rings. The summed E-state index contributed by atoms with van der Waals surface area (Å²) in [6.45, 7) is 7.55. The Morgan fingerprint density at radius 3 is 2.14 bits per heavy atom. The van der Waals surface area contributed by atoms with Gasteiger partial charge < -0.3 is 16.4 Å². The summed E-state index contributed by atoms with van der Waals surface area (Å²) in [4.78, 5) is 24.3. The predicted molar refractivity (Wildman–Crippen MR) is 91.0 cm³/mol. The Morgan fingerprint density at radius 2 is 1.68 bits per heavy atom. The second-order valence-corrected chi connectivity index (χ2v) is 6.17. The average molecular weight is 328 g/mol. The molecule has 6 heteroatoms. The number of halogens is 1. The van der Waals surface area contributed by atoms with Gasteiger partial charge in [0.1, 0.15) is 6.04 Å². The standard InChI is InChI=1S/C16H25N3O2.ClH/c1-11(14(20)19-16(2,3)4)18-15(21)13(10-17)12-8-6-5-7-9-12;/h5-9,11,13H,10,17H2,1-4H3,(H,18,21)(H,19,20);1H. The van der Waals surface area contributed by atoms with Crippen LogP contribution in [0.2, 0.25) is 0 Å². The first-order valence-electron chi connectivity index (χ1n) is 7.12. The number of hydrogen-bond acceptors (Lipinski definition) is 3. The van der Waals surface area contributed by atoms with Crippen LogP contribution in [0.1, 0.15) is 39.2 Å².